The van der Waals surface area contributed by atoms with Crippen molar-refractivity contribution >= 4 is 34.6 Å². The van der Waals surface area contributed by atoms with E-state index < -0.39 is 0 Å². The Labute approximate surface area is 98.7 Å². The van der Waals surface area contributed by atoms with Crippen LogP contribution in [0.3, 0.4) is 0 Å². The molecule has 0 atom stereocenters. The van der Waals surface area contributed by atoms with Crippen molar-refractivity contribution in [3.05, 3.63) is 39.9 Å². The van der Waals surface area contributed by atoms with Gasteiger partial charge in [-0.15, -0.1) is 0 Å². The Morgan fingerprint density at radius 2 is 1.87 bits per heavy atom. The normalized spacial score (nSPS) is 16.4. The highest BCUT2D eigenvalue weighted by Gasteiger charge is 2.12. The number of allylic oxidation sites excluding steroid dienone is 2. The van der Waals surface area contributed by atoms with Crippen molar-refractivity contribution < 1.29 is 4.79 Å². The lowest BCUT2D eigenvalue weighted by Crippen LogP contribution is -2.02. The van der Waals surface area contributed by atoms with Gasteiger partial charge in [-0.25, -0.2) is 0 Å². The molecule has 0 radical (unpaired) electrons. The first kappa shape index (κ1) is 10.7. The zero-order valence-corrected chi connectivity index (χ0v) is 9.61. The van der Waals surface area contributed by atoms with Crippen LogP contribution in [0.2, 0.25) is 10.0 Å². The van der Waals surface area contributed by atoms with Crippen molar-refractivity contribution in [2.24, 2.45) is 0 Å². The van der Waals surface area contributed by atoms with Gasteiger partial charge in [-0.3, -0.25) is 4.79 Å². The Kier molecular flexibility index (Phi) is 3.13. The smallest absolute Gasteiger partial charge is 0.137 e. The monoisotopic (exact) mass is 240 g/mol. The van der Waals surface area contributed by atoms with E-state index in [1.54, 1.807) is 6.07 Å². The molecule has 1 aliphatic rings. The maximum Gasteiger partial charge on any atom is 0.137 e. The fourth-order valence-corrected chi connectivity index (χ4v) is 1.97. The third kappa shape index (κ3) is 2.42. The minimum absolute atomic E-state index is 0.304. The molecule has 0 N–H and O–H groups in total. The molecule has 0 saturated heterocycles. The highest BCUT2D eigenvalue weighted by molar-refractivity contribution is 6.42. The number of carbonyl (C=O) groups excluding carboxylic acids is 1. The lowest BCUT2D eigenvalue weighted by molar-refractivity contribution is -0.118. The molecule has 78 valence electrons. The molecule has 1 aromatic rings. The Hall–Kier alpha value is -0.790. The second kappa shape index (κ2) is 4.38. The van der Waals surface area contributed by atoms with Gasteiger partial charge in [-0.2, -0.15) is 0 Å². The van der Waals surface area contributed by atoms with E-state index in [1.807, 2.05) is 18.2 Å². The summed E-state index contributed by atoms with van der Waals surface area (Å²) in [5, 5.41) is 1.12. The molecule has 0 unspecified atom stereocenters. The van der Waals surface area contributed by atoms with E-state index >= 15 is 0 Å². The van der Waals surface area contributed by atoms with Gasteiger partial charge in [0, 0.05) is 12.8 Å². The molecule has 0 aromatic heterocycles. The molecular formula is C12H10Cl2O. The predicted molar refractivity (Wildman–Crippen MR) is 63.3 cm³/mol. The van der Waals surface area contributed by atoms with Gasteiger partial charge >= 0.3 is 0 Å². The van der Waals surface area contributed by atoms with Crippen molar-refractivity contribution in [1.82, 2.24) is 0 Å². The second-order valence-corrected chi connectivity index (χ2v) is 4.42. The van der Waals surface area contributed by atoms with Crippen LogP contribution < -0.4 is 0 Å². The lowest BCUT2D eigenvalue weighted by Gasteiger charge is -2.12. The van der Waals surface area contributed by atoms with Crippen molar-refractivity contribution in [3.63, 3.8) is 0 Å². The van der Waals surface area contributed by atoms with E-state index in [4.69, 9.17) is 23.2 Å². The minimum Gasteiger partial charge on any atom is -0.299 e. The van der Waals surface area contributed by atoms with E-state index in [0.29, 0.717) is 28.7 Å². The fourth-order valence-electron chi connectivity index (χ4n) is 1.67. The summed E-state index contributed by atoms with van der Waals surface area (Å²) in [7, 11) is 0. The summed E-state index contributed by atoms with van der Waals surface area (Å²) in [5.41, 5.74) is 2.25. The minimum atomic E-state index is 0.304. The highest BCUT2D eigenvalue weighted by Crippen LogP contribution is 2.30. The van der Waals surface area contributed by atoms with Gasteiger partial charge < -0.3 is 0 Å². The Balaban J connectivity index is 2.30. The lowest BCUT2D eigenvalue weighted by atomic mass is 9.93. The van der Waals surface area contributed by atoms with Crippen molar-refractivity contribution in [2.75, 3.05) is 0 Å². The molecule has 0 amide bonds. The molecule has 3 heteroatoms. The van der Waals surface area contributed by atoms with E-state index in [9.17, 15) is 4.79 Å². The molecule has 2 rings (SSSR count). The van der Waals surface area contributed by atoms with Crippen molar-refractivity contribution in [1.29, 1.82) is 0 Å². The molecule has 0 fully saturated rings. The number of hydrogen-bond donors (Lipinski definition) is 0. The SMILES string of the molecule is O=C1CC=C(c2ccc(Cl)c(Cl)c2)CC1. The molecule has 1 aliphatic carbocycles. The molecule has 0 saturated carbocycles. The fraction of sp³-hybridized carbons (Fsp3) is 0.250. The molecule has 0 spiro atoms. The second-order valence-electron chi connectivity index (χ2n) is 3.60. The summed E-state index contributed by atoms with van der Waals surface area (Å²) in [4.78, 5) is 11.1. The van der Waals surface area contributed by atoms with Gasteiger partial charge in [-0.1, -0.05) is 35.3 Å². The number of hydrogen-bond acceptors (Lipinski definition) is 1. The van der Waals surface area contributed by atoms with E-state index in [-0.39, 0.29) is 0 Å². The molecule has 0 heterocycles. The van der Waals surface area contributed by atoms with Crippen LogP contribution in [-0.4, -0.2) is 5.78 Å². The molecular weight excluding hydrogens is 231 g/mol. The van der Waals surface area contributed by atoms with Crippen LogP contribution >= 0.6 is 23.2 Å². The molecule has 1 aromatic carbocycles. The number of carbonyl (C=O) groups is 1. The number of rotatable bonds is 1. The van der Waals surface area contributed by atoms with Crippen LogP contribution in [-0.2, 0) is 4.79 Å². The van der Waals surface area contributed by atoms with Crippen LogP contribution in [0.4, 0.5) is 0 Å². The average molecular weight is 241 g/mol. The number of Topliss-reactive ketones (excluding diaryl/α,β-unsaturated/α-hetero) is 1. The van der Waals surface area contributed by atoms with Gasteiger partial charge in [0.1, 0.15) is 5.78 Å². The number of ketones is 1. The van der Waals surface area contributed by atoms with E-state index in [0.717, 1.165) is 12.0 Å². The topological polar surface area (TPSA) is 17.1 Å². The third-order valence-corrected chi connectivity index (χ3v) is 3.28. The average Bonchev–Trinajstić information content (AvgIpc) is 2.23. The quantitative estimate of drug-likeness (QED) is 0.722. The Morgan fingerprint density at radius 1 is 1.07 bits per heavy atom. The first-order valence-electron chi connectivity index (χ1n) is 4.83. The summed E-state index contributed by atoms with van der Waals surface area (Å²) in [6.07, 6.45) is 3.95. The van der Waals surface area contributed by atoms with Gasteiger partial charge in [0.2, 0.25) is 0 Å². The number of benzene rings is 1. The van der Waals surface area contributed by atoms with Gasteiger partial charge in [0.25, 0.3) is 0 Å². The summed E-state index contributed by atoms with van der Waals surface area (Å²) in [6, 6.07) is 5.58. The third-order valence-electron chi connectivity index (χ3n) is 2.54. The van der Waals surface area contributed by atoms with E-state index in [2.05, 4.69) is 0 Å². The molecule has 0 bridgehead atoms. The van der Waals surface area contributed by atoms with Crippen molar-refractivity contribution in [3.8, 4) is 0 Å². The van der Waals surface area contributed by atoms with E-state index in [1.165, 1.54) is 5.57 Å². The zero-order valence-electron chi connectivity index (χ0n) is 8.09. The zero-order chi connectivity index (χ0) is 10.8. The summed E-state index contributed by atoms with van der Waals surface area (Å²) in [5.74, 6) is 0.304. The summed E-state index contributed by atoms with van der Waals surface area (Å²) < 4.78 is 0. The predicted octanol–water partition coefficient (Wildman–Crippen LogP) is 4.13. The highest BCUT2D eigenvalue weighted by atomic mass is 35.5. The van der Waals surface area contributed by atoms with Crippen LogP contribution in [0, 0.1) is 0 Å². The van der Waals surface area contributed by atoms with Crippen LogP contribution in [0.5, 0.6) is 0 Å². The van der Waals surface area contributed by atoms with Crippen LogP contribution in [0.1, 0.15) is 24.8 Å². The van der Waals surface area contributed by atoms with Crippen LogP contribution in [0.15, 0.2) is 24.3 Å². The first-order valence-corrected chi connectivity index (χ1v) is 5.58. The first-order chi connectivity index (χ1) is 7.16. The Bertz CT molecular complexity index is 435. The molecule has 15 heavy (non-hydrogen) atoms. The van der Waals surface area contributed by atoms with Gasteiger partial charge in [0.05, 0.1) is 10.0 Å². The molecule has 0 aliphatic heterocycles. The van der Waals surface area contributed by atoms with Crippen molar-refractivity contribution in [2.45, 2.75) is 19.3 Å². The summed E-state index contributed by atoms with van der Waals surface area (Å²) in [6.45, 7) is 0. The van der Waals surface area contributed by atoms with Crippen LogP contribution in [0.25, 0.3) is 5.57 Å². The van der Waals surface area contributed by atoms with Gasteiger partial charge in [0.15, 0.2) is 0 Å². The van der Waals surface area contributed by atoms with Gasteiger partial charge in [-0.05, 0) is 29.7 Å². The maximum atomic E-state index is 11.1. The summed E-state index contributed by atoms with van der Waals surface area (Å²) >= 11 is 11.8. The maximum absolute atomic E-state index is 11.1. The molecule has 1 nitrogen and oxygen atoms in total. The Morgan fingerprint density at radius 3 is 2.47 bits per heavy atom. The number of halogens is 2. The standard InChI is InChI=1S/C12H10Cl2O/c13-11-6-3-9(7-12(11)14)8-1-4-10(15)5-2-8/h1,3,6-7H,2,4-5H2. The largest absolute Gasteiger partial charge is 0.299 e.